The fourth-order valence-corrected chi connectivity index (χ4v) is 1.22. The van der Waals surface area contributed by atoms with Crippen molar-refractivity contribution in [2.45, 2.75) is 6.61 Å². The number of nitrogens with two attached hydrogens (primary N) is 1. The first-order chi connectivity index (χ1) is 9.08. The summed E-state index contributed by atoms with van der Waals surface area (Å²) in [6.45, 7) is 0.548. The van der Waals surface area contributed by atoms with Gasteiger partial charge in [-0.2, -0.15) is 0 Å². The summed E-state index contributed by atoms with van der Waals surface area (Å²) in [4.78, 5) is 12.3. The molecule has 3 N–H and O–H groups in total. The average molecular weight is 263 g/mol. The van der Waals surface area contributed by atoms with Crippen molar-refractivity contribution in [1.82, 2.24) is 4.98 Å². The first-order valence-electron chi connectivity index (χ1n) is 5.29. The van der Waals surface area contributed by atoms with Crippen LogP contribution >= 0.6 is 0 Å². The zero-order valence-electron chi connectivity index (χ0n) is 9.97. The smallest absolute Gasteiger partial charge is 0.291 e. The Hall–Kier alpha value is -2.83. The summed E-state index contributed by atoms with van der Waals surface area (Å²) < 4.78 is 5.53. The van der Waals surface area contributed by atoms with Gasteiger partial charge in [-0.05, 0) is 17.7 Å². The summed E-state index contributed by atoms with van der Waals surface area (Å²) in [5.41, 5.74) is 6.60. The minimum atomic E-state index is -1.50. The van der Waals surface area contributed by atoms with Crippen molar-refractivity contribution < 1.29 is 15.0 Å². The second kappa shape index (κ2) is 7.49. The van der Waals surface area contributed by atoms with Gasteiger partial charge in [0, 0.05) is 0 Å². The lowest BCUT2D eigenvalue weighted by molar-refractivity contribution is -0.742. The topological polar surface area (TPSA) is 112 Å². The van der Waals surface area contributed by atoms with Crippen LogP contribution in [0.1, 0.15) is 5.56 Å². The summed E-state index contributed by atoms with van der Waals surface area (Å²) in [6.07, 6.45) is 1.62. The molecule has 1 heterocycles. The lowest BCUT2D eigenvalue weighted by Gasteiger charge is -2.05. The van der Waals surface area contributed by atoms with Gasteiger partial charge in [0.1, 0.15) is 18.2 Å². The van der Waals surface area contributed by atoms with E-state index in [-0.39, 0.29) is 0 Å². The highest BCUT2D eigenvalue weighted by atomic mass is 16.9. The van der Waals surface area contributed by atoms with Gasteiger partial charge in [-0.25, -0.2) is 4.98 Å². The molecule has 0 saturated heterocycles. The fourth-order valence-electron chi connectivity index (χ4n) is 1.22. The lowest BCUT2D eigenvalue weighted by Crippen LogP contribution is -1.96. The van der Waals surface area contributed by atoms with E-state index < -0.39 is 5.09 Å². The van der Waals surface area contributed by atoms with Crippen molar-refractivity contribution in [3.63, 3.8) is 0 Å². The van der Waals surface area contributed by atoms with Crippen LogP contribution in [0.15, 0.2) is 48.7 Å². The Morgan fingerprint density at radius 1 is 1.26 bits per heavy atom. The summed E-state index contributed by atoms with van der Waals surface area (Å²) >= 11 is 0. The molecule has 7 nitrogen and oxygen atoms in total. The third-order valence-electron chi connectivity index (χ3n) is 2.01. The SMILES string of the molecule is Nc1ccc(OCc2ccccc2)cn1.O=[N+]([O-])O. The molecule has 0 spiro atoms. The lowest BCUT2D eigenvalue weighted by atomic mass is 10.2. The van der Waals surface area contributed by atoms with Gasteiger partial charge in [0.25, 0.3) is 5.09 Å². The first kappa shape index (κ1) is 14.2. The molecule has 0 amide bonds. The molecule has 1 aromatic carbocycles. The summed E-state index contributed by atoms with van der Waals surface area (Å²) in [7, 11) is 0. The Morgan fingerprint density at radius 2 is 1.89 bits per heavy atom. The van der Waals surface area contributed by atoms with Crippen molar-refractivity contribution in [2.24, 2.45) is 0 Å². The maximum absolute atomic E-state index is 8.36. The molecule has 0 aliphatic carbocycles. The van der Waals surface area contributed by atoms with Crippen molar-refractivity contribution in [3.05, 3.63) is 64.3 Å². The van der Waals surface area contributed by atoms with Gasteiger partial charge in [-0.1, -0.05) is 30.3 Å². The van der Waals surface area contributed by atoms with E-state index in [0.717, 1.165) is 11.3 Å². The van der Waals surface area contributed by atoms with Crippen molar-refractivity contribution in [2.75, 3.05) is 5.73 Å². The Labute approximate surface area is 109 Å². The molecule has 0 aliphatic heterocycles. The molecule has 1 aromatic heterocycles. The summed E-state index contributed by atoms with van der Waals surface area (Å²) in [6, 6.07) is 13.5. The van der Waals surface area contributed by atoms with Crippen LogP contribution in [0.25, 0.3) is 0 Å². The summed E-state index contributed by atoms with van der Waals surface area (Å²) in [5, 5.41) is 13.6. The molecule has 0 bridgehead atoms. The molecule has 2 aromatic rings. The van der Waals surface area contributed by atoms with Crippen LogP contribution in [-0.2, 0) is 6.61 Å². The maximum atomic E-state index is 8.36. The molecule has 0 fully saturated rings. The number of ether oxygens (including phenoxy) is 1. The predicted octanol–water partition coefficient (Wildman–Crippen LogP) is 1.90. The molecular formula is C12H13N3O4. The molecule has 100 valence electrons. The predicted molar refractivity (Wildman–Crippen MR) is 68.2 cm³/mol. The van der Waals surface area contributed by atoms with Gasteiger partial charge in [0.2, 0.25) is 0 Å². The standard InChI is InChI=1S/C12H12N2O.HNO3/c13-12-7-6-11(8-14-12)15-9-10-4-2-1-3-5-10;2-1(3)4/h1-8H,9H2,(H2,13,14);(H,2,3,4). The second-order valence-corrected chi connectivity index (χ2v) is 3.43. The van der Waals surface area contributed by atoms with E-state index in [1.54, 1.807) is 12.3 Å². The van der Waals surface area contributed by atoms with Crippen molar-refractivity contribution in [3.8, 4) is 5.75 Å². The van der Waals surface area contributed by atoms with Crippen LogP contribution in [0.4, 0.5) is 5.82 Å². The van der Waals surface area contributed by atoms with Gasteiger partial charge >= 0.3 is 0 Å². The van der Waals surface area contributed by atoms with E-state index in [4.69, 9.17) is 25.8 Å². The highest BCUT2D eigenvalue weighted by Gasteiger charge is 1.95. The van der Waals surface area contributed by atoms with Crippen LogP contribution in [0.3, 0.4) is 0 Å². The minimum Gasteiger partial charge on any atom is -0.487 e. The van der Waals surface area contributed by atoms with E-state index >= 15 is 0 Å². The van der Waals surface area contributed by atoms with Crippen molar-refractivity contribution >= 4 is 5.82 Å². The Kier molecular flexibility index (Phi) is 5.61. The molecule has 0 aliphatic rings. The number of nitrogens with zero attached hydrogens (tertiary/aromatic N) is 2. The highest BCUT2D eigenvalue weighted by Crippen LogP contribution is 2.12. The normalized spacial score (nSPS) is 9.05. The zero-order chi connectivity index (χ0) is 14.1. The number of pyridine rings is 1. The van der Waals surface area contributed by atoms with Gasteiger partial charge in [0.15, 0.2) is 0 Å². The highest BCUT2D eigenvalue weighted by molar-refractivity contribution is 5.32. The van der Waals surface area contributed by atoms with Crippen LogP contribution < -0.4 is 10.5 Å². The molecule has 7 heteroatoms. The molecule has 19 heavy (non-hydrogen) atoms. The number of benzene rings is 1. The van der Waals surface area contributed by atoms with E-state index in [2.05, 4.69) is 4.98 Å². The quantitative estimate of drug-likeness (QED) is 0.646. The summed E-state index contributed by atoms with van der Waals surface area (Å²) in [5.74, 6) is 1.23. The molecule has 0 atom stereocenters. The third-order valence-corrected chi connectivity index (χ3v) is 2.01. The van der Waals surface area contributed by atoms with Crippen LogP contribution in [0.2, 0.25) is 0 Å². The van der Waals surface area contributed by atoms with Crippen LogP contribution in [0.5, 0.6) is 5.75 Å². The number of rotatable bonds is 3. The van der Waals surface area contributed by atoms with Gasteiger partial charge in [-0.15, -0.1) is 10.1 Å². The molecule has 0 radical (unpaired) electrons. The van der Waals surface area contributed by atoms with E-state index in [1.165, 1.54) is 0 Å². The van der Waals surface area contributed by atoms with Crippen LogP contribution in [-0.4, -0.2) is 15.3 Å². The number of hydrogen-bond donors (Lipinski definition) is 2. The third kappa shape index (κ3) is 6.47. The Balaban J connectivity index is 0.000000399. The van der Waals surface area contributed by atoms with E-state index in [1.807, 2.05) is 36.4 Å². The molecule has 2 rings (SSSR count). The Bertz CT molecular complexity index is 498. The molecule has 0 unspecified atom stereocenters. The maximum Gasteiger partial charge on any atom is 0.291 e. The van der Waals surface area contributed by atoms with Crippen molar-refractivity contribution in [1.29, 1.82) is 0 Å². The van der Waals surface area contributed by atoms with Crippen LogP contribution in [0, 0.1) is 10.1 Å². The number of nitrogen functional groups attached to an aromatic ring is 1. The van der Waals surface area contributed by atoms with E-state index in [9.17, 15) is 0 Å². The zero-order valence-corrected chi connectivity index (χ0v) is 9.97. The van der Waals surface area contributed by atoms with Gasteiger partial charge < -0.3 is 15.7 Å². The number of aromatic nitrogens is 1. The van der Waals surface area contributed by atoms with E-state index in [0.29, 0.717) is 12.4 Å². The first-order valence-corrected chi connectivity index (χ1v) is 5.29. The average Bonchev–Trinajstić information content (AvgIpc) is 2.39. The molecule has 0 saturated carbocycles. The van der Waals surface area contributed by atoms with Gasteiger partial charge in [0.05, 0.1) is 6.20 Å². The number of anilines is 1. The molecular weight excluding hydrogens is 250 g/mol. The monoisotopic (exact) mass is 263 g/mol. The Morgan fingerprint density at radius 3 is 2.42 bits per heavy atom. The number of hydrogen-bond acceptors (Lipinski definition) is 5. The fraction of sp³-hybridized carbons (Fsp3) is 0.0833. The van der Waals surface area contributed by atoms with Gasteiger partial charge in [-0.3, -0.25) is 0 Å². The second-order valence-electron chi connectivity index (χ2n) is 3.43. The largest absolute Gasteiger partial charge is 0.487 e. The minimum absolute atomic E-state index is 0.502.